The molecule has 1 heterocycles. The Kier molecular flexibility index (Phi) is 7.51. The summed E-state index contributed by atoms with van der Waals surface area (Å²) in [5.41, 5.74) is 4.88. The van der Waals surface area contributed by atoms with Gasteiger partial charge in [0.25, 0.3) is 5.91 Å². The summed E-state index contributed by atoms with van der Waals surface area (Å²) < 4.78 is 5.19. The molecule has 6 nitrogen and oxygen atoms in total. The van der Waals surface area contributed by atoms with Gasteiger partial charge >= 0.3 is 5.76 Å². The van der Waals surface area contributed by atoms with E-state index in [1.807, 2.05) is 85.7 Å². The van der Waals surface area contributed by atoms with Crippen LogP contribution in [-0.4, -0.2) is 47.9 Å². The maximum atomic E-state index is 13.1. The number of oxazole rings is 1. The number of carbonyl (C=O) groups is 1. The average molecular weight is 452 g/mol. The zero-order chi connectivity index (χ0) is 21.8. The fourth-order valence-electron chi connectivity index (χ4n) is 3.53. The van der Waals surface area contributed by atoms with E-state index in [2.05, 4.69) is 16.0 Å². The van der Waals surface area contributed by atoms with Crippen LogP contribution in [0.5, 0.6) is 0 Å². The van der Waals surface area contributed by atoms with Gasteiger partial charge in [-0.1, -0.05) is 42.5 Å². The van der Waals surface area contributed by atoms with Crippen molar-refractivity contribution in [3.8, 4) is 11.1 Å². The maximum absolute atomic E-state index is 13.1. The van der Waals surface area contributed by atoms with Gasteiger partial charge in [-0.3, -0.25) is 9.78 Å². The molecule has 1 amide bonds. The molecule has 0 saturated heterocycles. The molecule has 0 radical (unpaired) electrons. The third-order valence-electron chi connectivity index (χ3n) is 5.18. The molecule has 1 N–H and O–H groups in total. The number of fused-ring (bicyclic) bond motifs is 1. The Bertz CT molecular complexity index is 1250. The molecule has 3 aromatic carbocycles. The van der Waals surface area contributed by atoms with Crippen molar-refractivity contribution in [3.05, 3.63) is 94.5 Å². The highest BCUT2D eigenvalue weighted by molar-refractivity contribution is 5.94. The Labute approximate surface area is 192 Å². The van der Waals surface area contributed by atoms with Crippen LogP contribution in [0.4, 0.5) is 0 Å². The summed E-state index contributed by atoms with van der Waals surface area (Å²) in [6.45, 7) is 1.92. The van der Waals surface area contributed by atoms with Crippen LogP contribution in [0.25, 0.3) is 22.2 Å². The summed E-state index contributed by atoms with van der Waals surface area (Å²) in [5.74, 6) is -0.444. The topological polar surface area (TPSA) is 69.6 Å². The van der Waals surface area contributed by atoms with Crippen LogP contribution < -0.4 is 5.76 Å². The second-order valence-electron chi connectivity index (χ2n) is 7.82. The Balaban J connectivity index is 0.00000289. The molecule has 4 aromatic rings. The monoisotopic (exact) mass is 451 g/mol. The van der Waals surface area contributed by atoms with Crippen molar-refractivity contribution >= 4 is 29.4 Å². The average Bonchev–Trinajstić information content (AvgIpc) is 3.16. The van der Waals surface area contributed by atoms with E-state index < -0.39 is 5.76 Å². The molecule has 166 valence electrons. The summed E-state index contributed by atoms with van der Waals surface area (Å²) in [7, 11) is 4.00. The molecule has 7 heteroatoms. The zero-order valence-electron chi connectivity index (χ0n) is 18.1. The van der Waals surface area contributed by atoms with Crippen molar-refractivity contribution in [2.75, 3.05) is 27.2 Å². The predicted octanol–water partition coefficient (Wildman–Crippen LogP) is 4.41. The normalized spacial score (nSPS) is 10.8. The first-order chi connectivity index (χ1) is 15.0. The molecule has 0 fully saturated rings. The van der Waals surface area contributed by atoms with E-state index in [1.165, 1.54) is 0 Å². The molecule has 0 spiro atoms. The van der Waals surface area contributed by atoms with Crippen molar-refractivity contribution < 1.29 is 9.21 Å². The molecule has 0 aliphatic carbocycles. The van der Waals surface area contributed by atoms with E-state index in [0.29, 0.717) is 29.8 Å². The molecule has 4 rings (SSSR count). The van der Waals surface area contributed by atoms with Crippen molar-refractivity contribution in [3.63, 3.8) is 0 Å². The Hall–Kier alpha value is -3.35. The number of nitrogens with zero attached hydrogens (tertiary/aromatic N) is 2. The number of aromatic nitrogens is 1. The number of rotatable bonds is 7. The number of nitrogens with one attached hydrogen (secondary N) is 1. The lowest BCUT2D eigenvalue weighted by atomic mass is 10.0. The standard InChI is InChI=1S/C25H25N3O3.ClH/c1-27(2)13-14-28(24(29)19-8-4-3-5-9-19)17-18-7-6-10-20(15-18)21-11-12-22-23(16-21)31-25(30)26-22;/h3-12,15-16H,13-14,17H2,1-2H3,(H,26,30);1H. The van der Waals surface area contributed by atoms with Gasteiger partial charge in [0.15, 0.2) is 5.58 Å². The fraction of sp³-hybridized carbons (Fsp3) is 0.200. The SMILES string of the molecule is CN(C)CCN(Cc1cccc(-c2ccc3[nH]c(=O)oc3c2)c1)C(=O)c1ccccc1.Cl. The van der Waals surface area contributed by atoms with Gasteiger partial charge in [-0.2, -0.15) is 0 Å². The maximum Gasteiger partial charge on any atom is 0.417 e. The second kappa shape index (κ2) is 10.3. The molecule has 0 bridgehead atoms. The summed E-state index contributed by atoms with van der Waals surface area (Å²) in [6.07, 6.45) is 0. The highest BCUT2D eigenvalue weighted by atomic mass is 35.5. The van der Waals surface area contributed by atoms with E-state index >= 15 is 0 Å². The highest BCUT2D eigenvalue weighted by Gasteiger charge is 2.16. The molecule has 0 atom stereocenters. The van der Waals surface area contributed by atoms with Crippen LogP contribution in [0.2, 0.25) is 0 Å². The van der Waals surface area contributed by atoms with Gasteiger partial charge < -0.3 is 14.2 Å². The Morgan fingerprint density at radius 3 is 2.41 bits per heavy atom. The number of halogens is 1. The van der Waals surface area contributed by atoms with Crippen LogP contribution in [0.1, 0.15) is 15.9 Å². The molecule has 0 aliphatic heterocycles. The van der Waals surface area contributed by atoms with Crippen molar-refractivity contribution in [2.45, 2.75) is 6.54 Å². The molecular weight excluding hydrogens is 426 g/mol. The quantitative estimate of drug-likeness (QED) is 0.451. The third-order valence-corrected chi connectivity index (χ3v) is 5.18. The Morgan fingerprint density at radius 2 is 1.66 bits per heavy atom. The van der Waals surface area contributed by atoms with E-state index in [0.717, 1.165) is 23.2 Å². The summed E-state index contributed by atoms with van der Waals surface area (Å²) in [6, 6.07) is 23.1. The van der Waals surface area contributed by atoms with E-state index in [-0.39, 0.29) is 18.3 Å². The molecule has 1 aromatic heterocycles. The highest BCUT2D eigenvalue weighted by Crippen LogP contribution is 2.24. The number of benzene rings is 3. The lowest BCUT2D eigenvalue weighted by Gasteiger charge is -2.25. The van der Waals surface area contributed by atoms with Gasteiger partial charge in [0.1, 0.15) is 0 Å². The molecular formula is C25H26ClN3O3. The number of hydrogen-bond donors (Lipinski definition) is 1. The third kappa shape index (κ3) is 5.46. The largest absolute Gasteiger partial charge is 0.417 e. The van der Waals surface area contributed by atoms with Crippen LogP contribution in [0.3, 0.4) is 0 Å². The van der Waals surface area contributed by atoms with Crippen molar-refractivity contribution in [1.29, 1.82) is 0 Å². The van der Waals surface area contributed by atoms with Crippen molar-refractivity contribution in [2.24, 2.45) is 0 Å². The van der Waals surface area contributed by atoms with Crippen LogP contribution >= 0.6 is 12.4 Å². The number of hydrogen-bond acceptors (Lipinski definition) is 4. The van der Waals surface area contributed by atoms with Crippen LogP contribution in [-0.2, 0) is 6.54 Å². The van der Waals surface area contributed by atoms with Crippen LogP contribution in [0.15, 0.2) is 82.0 Å². The Morgan fingerprint density at radius 1 is 0.906 bits per heavy atom. The summed E-state index contributed by atoms with van der Waals surface area (Å²) in [4.78, 5) is 31.2. The van der Waals surface area contributed by atoms with Gasteiger partial charge in [-0.05, 0) is 61.1 Å². The first-order valence-corrected chi connectivity index (χ1v) is 10.2. The summed E-state index contributed by atoms with van der Waals surface area (Å²) >= 11 is 0. The summed E-state index contributed by atoms with van der Waals surface area (Å²) in [5, 5.41) is 0. The number of aromatic amines is 1. The minimum absolute atomic E-state index is 0. The van der Waals surface area contributed by atoms with Gasteiger partial charge in [0.2, 0.25) is 0 Å². The van der Waals surface area contributed by atoms with Crippen molar-refractivity contribution in [1.82, 2.24) is 14.8 Å². The molecule has 0 aliphatic rings. The van der Waals surface area contributed by atoms with Gasteiger partial charge in [-0.25, -0.2) is 4.79 Å². The lowest BCUT2D eigenvalue weighted by Crippen LogP contribution is -2.36. The zero-order valence-corrected chi connectivity index (χ0v) is 18.9. The minimum Gasteiger partial charge on any atom is -0.408 e. The number of carbonyl (C=O) groups excluding carboxylic acids is 1. The number of amides is 1. The second-order valence-corrected chi connectivity index (χ2v) is 7.82. The predicted molar refractivity (Wildman–Crippen MR) is 129 cm³/mol. The molecule has 0 unspecified atom stereocenters. The number of likely N-dealkylation sites (N-methyl/N-ethyl adjacent to an activating group) is 1. The molecule has 0 saturated carbocycles. The first kappa shape index (κ1) is 23.3. The number of H-pyrrole nitrogens is 1. The van der Waals surface area contributed by atoms with Crippen LogP contribution in [0, 0.1) is 0 Å². The molecule has 32 heavy (non-hydrogen) atoms. The van der Waals surface area contributed by atoms with Gasteiger partial charge in [0, 0.05) is 25.2 Å². The van der Waals surface area contributed by atoms with E-state index in [4.69, 9.17) is 4.42 Å². The van der Waals surface area contributed by atoms with E-state index in [1.54, 1.807) is 0 Å². The smallest absolute Gasteiger partial charge is 0.408 e. The van der Waals surface area contributed by atoms with Gasteiger partial charge in [0.05, 0.1) is 5.52 Å². The minimum atomic E-state index is -0.461. The lowest BCUT2D eigenvalue weighted by molar-refractivity contribution is 0.0732. The fourth-order valence-corrected chi connectivity index (χ4v) is 3.53. The van der Waals surface area contributed by atoms with E-state index in [9.17, 15) is 9.59 Å². The first-order valence-electron chi connectivity index (χ1n) is 10.2. The van der Waals surface area contributed by atoms with Gasteiger partial charge in [-0.15, -0.1) is 12.4 Å².